The number of carbonyl (C=O) groups is 6. The fraction of sp³-hybridized carbons (Fsp3) is 0.244. The van der Waals surface area contributed by atoms with E-state index < -0.39 is 47.7 Å². The molecule has 13 rings (SSSR count). The van der Waals surface area contributed by atoms with Gasteiger partial charge in [0.15, 0.2) is 0 Å². The summed E-state index contributed by atoms with van der Waals surface area (Å²) in [4.78, 5) is 96.5. The molecule has 14 nitrogen and oxygen atoms in total. The standard InChI is InChI=1S/C82H74N2O12/c1-13-23-57(79(89)91-51-37-33-49(34-38-51)81(7,8)9)83-75(85)53-41-63(93-59-29-19-15-25-45(59)3)69-71-65(95-61-31-21-17-27-47(61)5)43-55-68-56(78(88)84(77(55)87)58(24-14-2)80(90)92-52-39-35-50(36-40-52)82(10,11)12)44-66(96-62-32-22-18-28-48(62)6)72(74(68)71)70-64(94-60-30-20-16-26-46(60)4)42-54(76(83)86)67(53)73(69)70/h15-22,25-44,57-58H,13-14,23-24H2,1-12H3. The van der Waals surface area contributed by atoms with Crippen LogP contribution >= 0.6 is 0 Å². The molecule has 96 heavy (non-hydrogen) atoms. The highest BCUT2D eigenvalue weighted by molar-refractivity contribution is 6.45. The molecule has 484 valence electrons. The van der Waals surface area contributed by atoms with Crippen LogP contribution in [0.1, 0.15) is 156 Å². The number of benzene rings is 11. The van der Waals surface area contributed by atoms with E-state index in [-0.39, 0.29) is 91.2 Å². The van der Waals surface area contributed by atoms with Crippen molar-refractivity contribution in [2.24, 2.45) is 0 Å². The molecule has 2 unspecified atom stereocenters. The van der Waals surface area contributed by atoms with E-state index in [2.05, 4.69) is 41.5 Å². The maximum Gasteiger partial charge on any atom is 0.334 e. The molecule has 0 saturated heterocycles. The van der Waals surface area contributed by atoms with Crippen molar-refractivity contribution in [1.82, 2.24) is 9.80 Å². The number of hydrogen-bond donors (Lipinski definition) is 0. The molecule has 0 spiro atoms. The van der Waals surface area contributed by atoms with Gasteiger partial charge in [-0.25, -0.2) is 9.59 Å². The lowest BCUT2D eigenvalue weighted by Crippen LogP contribution is -2.51. The highest BCUT2D eigenvalue weighted by Gasteiger charge is 2.47. The molecule has 0 saturated carbocycles. The van der Waals surface area contributed by atoms with E-state index in [1.165, 1.54) is 0 Å². The molecule has 0 N–H and O–H groups in total. The first kappa shape index (κ1) is 63.9. The zero-order chi connectivity index (χ0) is 67.8. The van der Waals surface area contributed by atoms with Gasteiger partial charge in [-0.05, 0) is 158 Å². The van der Waals surface area contributed by atoms with Crippen LogP contribution in [0.5, 0.6) is 57.5 Å². The van der Waals surface area contributed by atoms with E-state index >= 15 is 19.2 Å². The molecule has 0 radical (unpaired) electrons. The summed E-state index contributed by atoms with van der Waals surface area (Å²) in [6.07, 6.45) is 0.896. The Hall–Kier alpha value is -10.9. The van der Waals surface area contributed by atoms with Gasteiger partial charge in [0.2, 0.25) is 0 Å². The van der Waals surface area contributed by atoms with Crippen molar-refractivity contribution >= 4 is 78.7 Å². The number of rotatable bonds is 18. The topological polar surface area (TPSA) is 164 Å². The van der Waals surface area contributed by atoms with Gasteiger partial charge in [-0.3, -0.25) is 29.0 Å². The minimum Gasteiger partial charge on any atom is -0.456 e. The van der Waals surface area contributed by atoms with Crippen LogP contribution in [-0.4, -0.2) is 57.5 Å². The zero-order valence-electron chi connectivity index (χ0n) is 55.9. The van der Waals surface area contributed by atoms with Crippen LogP contribution in [0.3, 0.4) is 0 Å². The van der Waals surface area contributed by atoms with Crippen molar-refractivity contribution in [1.29, 1.82) is 0 Å². The zero-order valence-corrected chi connectivity index (χ0v) is 55.9. The average molecular weight is 1280 g/mol. The van der Waals surface area contributed by atoms with Crippen LogP contribution in [0.4, 0.5) is 0 Å². The van der Waals surface area contributed by atoms with E-state index in [1.54, 1.807) is 72.8 Å². The molecule has 0 bridgehead atoms. The Kier molecular flexibility index (Phi) is 16.5. The lowest BCUT2D eigenvalue weighted by Gasteiger charge is -2.35. The number of para-hydroxylation sites is 4. The summed E-state index contributed by atoms with van der Waals surface area (Å²) in [5, 5.41) is 2.29. The van der Waals surface area contributed by atoms with E-state index in [9.17, 15) is 9.59 Å². The van der Waals surface area contributed by atoms with Gasteiger partial charge in [0.05, 0.1) is 22.3 Å². The van der Waals surface area contributed by atoms with Gasteiger partial charge in [0.25, 0.3) is 23.6 Å². The molecule has 2 heterocycles. The smallest absolute Gasteiger partial charge is 0.334 e. The monoisotopic (exact) mass is 1280 g/mol. The molecule has 0 aromatic heterocycles. The number of fused-ring (bicyclic) bond motifs is 2. The van der Waals surface area contributed by atoms with Gasteiger partial charge in [-0.1, -0.05) is 165 Å². The number of nitrogens with zero attached hydrogens (tertiary/aromatic N) is 2. The van der Waals surface area contributed by atoms with Crippen LogP contribution in [0.2, 0.25) is 0 Å². The summed E-state index contributed by atoms with van der Waals surface area (Å²) in [5.74, 6) is -2.16. The quantitative estimate of drug-likeness (QED) is 0.0263. The lowest BCUT2D eigenvalue weighted by molar-refractivity contribution is -0.139. The number of imide groups is 2. The Bertz CT molecular complexity index is 4480. The number of ether oxygens (including phenoxy) is 6. The molecule has 4 amide bonds. The molecule has 2 aliphatic heterocycles. The first-order valence-corrected chi connectivity index (χ1v) is 32.7. The van der Waals surface area contributed by atoms with Crippen LogP contribution in [0.15, 0.2) is 170 Å². The minimum absolute atomic E-state index is 0.0239. The molecule has 2 aliphatic rings. The van der Waals surface area contributed by atoms with Crippen molar-refractivity contribution < 1.29 is 57.2 Å². The number of esters is 2. The molecule has 2 atom stereocenters. The Labute approximate surface area is 557 Å². The second-order valence-electron chi connectivity index (χ2n) is 27.1. The minimum atomic E-state index is -1.40. The van der Waals surface area contributed by atoms with Gasteiger partial charge < -0.3 is 28.4 Å². The van der Waals surface area contributed by atoms with Crippen molar-refractivity contribution in [2.45, 2.75) is 132 Å². The lowest BCUT2D eigenvalue weighted by atomic mass is 9.80. The van der Waals surface area contributed by atoms with Gasteiger partial charge >= 0.3 is 11.9 Å². The van der Waals surface area contributed by atoms with Crippen molar-refractivity contribution in [3.63, 3.8) is 0 Å². The highest BCUT2D eigenvalue weighted by atomic mass is 16.5. The van der Waals surface area contributed by atoms with Gasteiger partial charge in [0.1, 0.15) is 69.6 Å². The summed E-state index contributed by atoms with van der Waals surface area (Å²) in [6, 6.07) is 47.6. The predicted octanol–water partition coefficient (Wildman–Crippen LogP) is 19.5. The molecule has 14 heteroatoms. The van der Waals surface area contributed by atoms with E-state index in [4.69, 9.17) is 28.4 Å². The van der Waals surface area contributed by atoms with E-state index in [0.717, 1.165) is 43.2 Å². The number of hydrogen-bond acceptors (Lipinski definition) is 12. The Morgan fingerprint density at radius 1 is 0.344 bits per heavy atom. The first-order chi connectivity index (χ1) is 45.9. The maximum atomic E-state index is 16.2. The van der Waals surface area contributed by atoms with E-state index in [1.807, 2.05) is 139 Å². The third kappa shape index (κ3) is 11.3. The molecule has 0 fully saturated rings. The highest BCUT2D eigenvalue weighted by Crippen LogP contribution is 2.58. The number of aryl methyl sites for hydroxylation is 4. The second kappa shape index (κ2) is 24.8. The predicted molar refractivity (Wildman–Crippen MR) is 373 cm³/mol. The Morgan fingerprint density at radius 2 is 0.594 bits per heavy atom. The maximum absolute atomic E-state index is 16.2. The summed E-state index contributed by atoms with van der Waals surface area (Å²) in [6.45, 7) is 23.8. The summed E-state index contributed by atoms with van der Waals surface area (Å²) in [7, 11) is 0. The van der Waals surface area contributed by atoms with Crippen molar-refractivity contribution in [2.75, 3.05) is 0 Å². The van der Waals surface area contributed by atoms with Gasteiger partial charge in [-0.2, -0.15) is 0 Å². The second-order valence-corrected chi connectivity index (χ2v) is 27.1. The number of carbonyl (C=O) groups excluding carboxylic acids is 6. The molecule has 11 aromatic rings. The van der Waals surface area contributed by atoms with Crippen LogP contribution < -0.4 is 28.4 Å². The van der Waals surface area contributed by atoms with E-state index in [0.29, 0.717) is 68.2 Å². The molecular formula is C82H74N2O12. The van der Waals surface area contributed by atoms with Crippen LogP contribution in [-0.2, 0) is 20.4 Å². The Morgan fingerprint density at radius 3 is 0.823 bits per heavy atom. The summed E-state index contributed by atoms with van der Waals surface area (Å²) in [5.41, 5.74) is 4.70. The molecule has 11 aromatic carbocycles. The first-order valence-electron chi connectivity index (χ1n) is 32.7. The third-order valence-electron chi connectivity index (χ3n) is 18.4. The fourth-order valence-electron chi connectivity index (χ4n) is 13.3. The molecule has 0 aliphatic carbocycles. The van der Waals surface area contributed by atoms with Gasteiger partial charge in [0, 0.05) is 43.1 Å². The fourth-order valence-corrected chi connectivity index (χ4v) is 13.3. The van der Waals surface area contributed by atoms with Crippen molar-refractivity contribution in [3.8, 4) is 57.5 Å². The average Bonchev–Trinajstić information content (AvgIpc) is 0.672. The third-order valence-corrected chi connectivity index (χ3v) is 18.4. The number of amides is 4. The summed E-state index contributed by atoms with van der Waals surface area (Å²) >= 11 is 0. The SMILES string of the molecule is CCCC(C(=O)Oc1ccc(C(C)(C)C)cc1)N1C(=O)c2cc(Oc3ccccc3C)c3c4c(Oc5ccccc5C)cc5c6c(cc(Oc7ccccc7C)c(c7c(Oc8ccccc8C)cc(c2c37)C1=O)c64)C(=O)N(C(CCC)C(=O)Oc1ccc(C(C)(C)C)cc1)C5=O. The molecular weight excluding hydrogens is 1200 g/mol. The normalized spacial score (nSPS) is 13.8. The van der Waals surface area contributed by atoms with Crippen molar-refractivity contribution in [3.05, 3.63) is 225 Å². The largest absolute Gasteiger partial charge is 0.456 e. The summed E-state index contributed by atoms with van der Waals surface area (Å²) < 4.78 is 41.2. The van der Waals surface area contributed by atoms with Crippen LogP contribution in [0.25, 0.3) is 43.1 Å². The van der Waals surface area contributed by atoms with Gasteiger partial charge in [-0.15, -0.1) is 0 Å². The Balaban J connectivity index is 1.15. The van der Waals surface area contributed by atoms with Crippen LogP contribution in [0, 0.1) is 27.7 Å².